The summed E-state index contributed by atoms with van der Waals surface area (Å²) < 4.78 is 5.53. The molecule has 160 valence electrons. The summed E-state index contributed by atoms with van der Waals surface area (Å²) in [5.74, 6) is 0.443. The van der Waals surface area contributed by atoms with Crippen molar-refractivity contribution < 1.29 is 19.7 Å². The number of rotatable bonds is 5. The fourth-order valence-corrected chi connectivity index (χ4v) is 4.46. The number of aliphatic hydroxyl groups is 2. The molecule has 0 radical (unpaired) electrons. The first-order valence-corrected chi connectivity index (χ1v) is 10.5. The number of ether oxygens (including phenoxy) is 1. The van der Waals surface area contributed by atoms with E-state index in [1.165, 1.54) is 7.11 Å². The Balaban J connectivity index is 1.55. The highest BCUT2D eigenvalue weighted by Crippen LogP contribution is 2.38. The van der Waals surface area contributed by atoms with Crippen LogP contribution in [-0.2, 0) is 6.42 Å². The van der Waals surface area contributed by atoms with Gasteiger partial charge in [0.15, 0.2) is 0 Å². The predicted molar refractivity (Wildman–Crippen MR) is 116 cm³/mol. The Bertz CT molecular complexity index is 925. The van der Waals surface area contributed by atoms with E-state index < -0.39 is 24.3 Å². The fourth-order valence-electron chi connectivity index (χ4n) is 4.46. The van der Waals surface area contributed by atoms with E-state index in [1.54, 1.807) is 6.92 Å². The van der Waals surface area contributed by atoms with Crippen LogP contribution in [0.15, 0.2) is 36.4 Å². The Labute approximate surface area is 176 Å². The number of anilines is 2. The summed E-state index contributed by atoms with van der Waals surface area (Å²) in [4.78, 5) is 15.0. The summed E-state index contributed by atoms with van der Waals surface area (Å²) in [6.45, 7) is 3.58. The highest BCUT2D eigenvalue weighted by atomic mass is 16.5. The molecule has 2 aromatic rings. The van der Waals surface area contributed by atoms with Crippen molar-refractivity contribution in [2.24, 2.45) is 0 Å². The normalized spacial score (nSPS) is 21.3. The molecule has 2 amide bonds. The smallest absolute Gasteiger partial charge is 0.319 e. The van der Waals surface area contributed by atoms with Gasteiger partial charge in [0.25, 0.3) is 0 Å². The standard InChI is InChI=1S/C23H29N3O4/c1-14(27)18-12-16(26-9-5-6-10-26)13-20(22(18)30-2)25-23(29)24-19-11-15-7-3-4-8-17(15)21(19)28/h3-4,7-8,12-14,19,21,27-28H,5-6,9-11H2,1-2H3,(H2,24,25,29)/t14-,19+,21-/m0/s1. The van der Waals surface area contributed by atoms with Crippen LogP contribution >= 0.6 is 0 Å². The molecule has 2 aromatic carbocycles. The Morgan fingerprint density at radius 1 is 1.23 bits per heavy atom. The summed E-state index contributed by atoms with van der Waals surface area (Å²) in [5, 5.41) is 26.6. The number of nitrogens with one attached hydrogen (secondary N) is 2. The molecular formula is C23H29N3O4. The number of urea groups is 1. The molecule has 1 saturated heterocycles. The first-order chi connectivity index (χ1) is 14.5. The number of methoxy groups -OCH3 is 1. The van der Waals surface area contributed by atoms with Crippen LogP contribution < -0.4 is 20.3 Å². The second-order valence-electron chi connectivity index (χ2n) is 8.04. The van der Waals surface area contributed by atoms with Crippen LogP contribution in [0.4, 0.5) is 16.2 Å². The minimum Gasteiger partial charge on any atom is -0.494 e. The lowest BCUT2D eigenvalue weighted by Gasteiger charge is -2.24. The molecule has 30 heavy (non-hydrogen) atoms. The van der Waals surface area contributed by atoms with E-state index in [-0.39, 0.29) is 0 Å². The van der Waals surface area contributed by atoms with Crippen molar-refractivity contribution in [3.05, 3.63) is 53.1 Å². The number of carbonyl (C=O) groups is 1. The zero-order valence-corrected chi connectivity index (χ0v) is 17.4. The number of fused-ring (bicyclic) bond motifs is 1. The van der Waals surface area contributed by atoms with Gasteiger partial charge in [0, 0.05) is 24.3 Å². The van der Waals surface area contributed by atoms with Crippen molar-refractivity contribution >= 4 is 17.4 Å². The summed E-state index contributed by atoms with van der Waals surface area (Å²) in [7, 11) is 1.52. The molecule has 0 bridgehead atoms. The zero-order chi connectivity index (χ0) is 21.3. The topological polar surface area (TPSA) is 94.1 Å². The van der Waals surface area contributed by atoms with E-state index in [1.807, 2.05) is 36.4 Å². The van der Waals surface area contributed by atoms with Gasteiger partial charge in [-0.15, -0.1) is 0 Å². The molecule has 4 N–H and O–H groups in total. The monoisotopic (exact) mass is 411 g/mol. The molecular weight excluding hydrogens is 382 g/mol. The van der Waals surface area contributed by atoms with Gasteiger partial charge in [-0.05, 0) is 49.4 Å². The SMILES string of the molecule is COc1c(NC(=O)N[C@@H]2Cc3ccccc3[C@@H]2O)cc(N2CCCC2)cc1[C@H](C)O. The molecule has 7 heteroatoms. The highest BCUT2D eigenvalue weighted by Gasteiger charge is 2.32. The quantitative estimate of drug-likeness (QED) is 0.607. The van der Waals surface area contributed by atoms with Crippen molar-refractivity contribution in [2.75, 3.05) is 30.4 Å². The van der Waals surface area contributed by atoms with E-state index in [9.17, 15) is 15.0 Å². The molecule has 0 unspecified atom stereocenters. The van der Waals surface area contributed by atoms with Crippen molar-refractivity contribution in [1.82, 2.24) is 5.32 Å². The average molecular weight is 412 g/mol. The summed E-state index contributed by atoms with van der Waals surface area (Å²) in [6.07, 6.45) is 1.35. The van der Waals surface area contributed by atoms with Crippen LogP contribution in [0.1, 0.15) is 48.7 Å². The summed E-state index contributed by atoms with van der Waals surface area (Å²) in [5.41, 5.74) is 3.98. The minimum atomic E-state index is -0.739. The van der Waals surface area contributed by atoms with Gasteiger partial charge in [0.05, 0.1) is 31.0 Å². The highest BCUT2D eigenvalue weighted by molar-refractivity contribution is 5.92. The predicted octanol–water partition coefficient (Wildman–Crippen LogP) is 3.13. The van der Waals surface area contributed by atoms with Crippen molar-refractivity contribution in [3.63, 3.8) is 0 Å². The Morgan fingerprint density at radius 2 is 1.97 bits per heavy atom. The van der Waals surface area contributed by atoms with Crippen molar-refractivity contribution in [1.29, 1.82) is 0 Å². The van der Waals surface area contributed by atoms with Crippen molar-refractivity contribution in [2.45, 2.75) is 44.4 Å². The van der Waals surface area contributed by atoms with Gasteiger partial charge in [-0.1, -0.05) is 24.3 Å². The first-order valence-electron chi connectivity index (χ1n) is 10.5. The van der Waals surface area contributed by atoms with E-state index in [0.29, 0.717) is 23.4 Å². The van der Waals surface area contributed by atoms with Gasteiger partial charge in [-0.25, -0.2) is 4.79 Å². The molecule has 3 atom stereocenters. The molecule has 1 aliphatic heterocycles. The number of amides is 2. The van der Waals surface area contributed by atoms with Gasteiger partial charge < -0.3 is 30.5 Å². The van der Waals surface area contributed by atoms with Gasteiger partial charge in [-0.2, -0.15) is 0 Å². The largest absolute Gasteiger partial charge is 0.494 e. The molecule has 0 spiro atoms. The minimum absolute atomic E-state index is 0.397. The van der Waals surface area contributed by atoms with Gasteiger partial charge in [0.2, 0.25) is 0 Å². The maximum Gasteiger partial charge on any atom is 0.319 e. The van der Waals surface area contributed by atoms with E-state index in [4.69, 9.17) is 4.74 Å². The van der Waals surface area contributed by atoms with Gasteiger partial charge >= 0.3 is 6.03 Å². The number of hydrogen-bond acceptors (Lipinski definition) is 5. The molecule has 0 saturated carbocycles. The number of hydrogen-bond donors (Lipinski definition) is 4. The molecule has 1 aliphatic carbocycles. The Kier molecular flexibility index (Phi) is 5.83. The third-order valence-corrected chi connectivity index (χ3v) is 5.99. The lowest BCUT2D eigenvalue weighted by atomic mass is 10.1. The first kappa shape index (κ1) is 20.5. The number of aliphatic hydroxyl groups excluding tert-OH is 2. The molecule has 2 aliphatic rings. The maximum absolute atomic E-state index is 12.8. The lowest BCUT2D eigenvalue weighted by Crippen LogP contribution is -2.40. The lowest BCUT2D eigenvalue weighted by molar-refractivity contribution is 0.145. The third kappa shape index (κ3) is 3.95. The van der Waals surface area contributed by atoms with Crippen LogP contribution in [0.2, 0.25) is 0 Å². The molecule has 7 nitrogen and oxygen atoms in total. The Hall–Kier alpha value is -2.77. The van der Waals surface area contributed by atoms with Crippen molar-refractivity contribution in [3.8, 4) is 5.75 Å². The fraction of sp³-hybridized carbons (Fsp3) is 0.435. The third-order valence-electron chi connectivity index (χ3n) is 5.99. The number of nitrogens with zero attached hydrogens (tertiary/aromatic N) is 1. The molecule has 0 aromatic heterocycles. The van der Waals surface area contributed by atoms with Crippen LogP contribution in [0, 0.1) is 0 Å². The second-order valence-corrected chi connectivity index (χ2v) is 8.04. The summed E-state index contributed by atoms with van der Waals surface area (Å²) >= 11 is 0. The zero-order valence-electron chi connectivity index (χ0n) is 17.4. The van der Waals surface area contributed by atoms with E-state index >= 15 is 0 Å². The maximum atomic E-state index is 12.8. The molecule has 1 heterocycles. The van der Waals surface area contributed by atoms with Crippen LogP contribution in [0.25, 0.3) is 0 Å². The second kappa shape index (κ2) is 8.53. The van der Waals surface area contributed by atoms with Crippen LogP contribution in [-0.4, -0.2) is 42.5 Å². The van der Waals surface area contributed by atoms with E-state index in [0.717, 1.165) is 42.7 Å². The molecule has 4 rings (SSSR count). The van der Waals surface area contributed by atoms with E-state index in [2.05, 4.69) is 15.5 Å². The average Bonchev–Trinajstić information content (AvgIpc) is 3.36. The molecule has 1 fully saturated rings. The number of benzene rings is 2. The van der Waals surface area contributed by atoms with Gasteiger partial charge in [-0.3, -0.25) is 0 Å². The van der Waals surface area contributed by atoms with Crippen LogP contribution in [0.3, 0.4) is 0 Å². The number of carbonyl (C=O) groups excluding carboxylic acids is 1. The van der Waals surface area contributed by atoms with Gasteiger partial charge in [0.1, 0.15) is 5.75 Å². The Morgan fingerprint density at radius 3 is 2.63 bits per heavy atom. The summed E-state index contributed by atoms with van der Waals surface area (Å²) in [6, 6.07) is 10.7. The van der Waals surface area contributed by atoms with Crippen LogP contribution in [0.5, 0.6) is 5.75 Å².